The van der Waals surface area contributed by atoms with Crippen LogP contribution in [0.4, 0.5) is 5.69 Å². The molecule has 2 aromatic heterocycles. The Kier molecular flexibility index (Phi) is 5.94. The Morgan fingerprint density at radius 3 is 2.71 bits per heavy atom. The second-order valence-electron chi connectivity index (χ2n) is 6.72. The number of thiazole rings is 1. The number of sulfonamides is 1. The van der Waals surface area contributed by atoms with Crippen molar-refractivity contribution in [1.82, 2.24) is 14.7 Å². The summed E-state index contributed by atoms with van der Waals surface area (Å²) in [5.41, 5.74) is 1.87. The van der Waals surface area contributed by atoms with Crippen LogP contribution in [-0.4, -0.2) is 23.7 Å². The van der Waals surface area contributed by atoms with Gasteiger partial charge in [0.1, 0.15) is 0 Å². The van der Waals surface area contributed by atoms with Gasteiger partial charge in [-0.3, -0.25) is 13.9 Å². The summed E-state index contributed by atoms with van der Waals surface area (Å²) < 4.78 is 29.9. The van der Waals surface area contributed by atoms with Crippen molar-refractivity contribution in [3.8, 4) is 0 Å². The number of benzene rings is 2. The number of hydrogen-bond acceptors (Lipinski definition) is 5. The number of nitrogens with one attached hydrogen (secondary N) is 2. The van der Waals surface area contributed by atoms with Crippen LogP contribution in [0.1, 0.15) is 21.6 Å². The summed E-state index contributed by atoms with van der Waals surface area (Å²) in [6, 6.07) is 8.79. The Hall–Kier alpha value is -2.59. The van der Waals surface area contributed by atoms with E-state index in [0.29, 0.717) is 16.4 Å². The molecule has 0 aliphatic rings. The fourth-order valence-corrected chi connectivity index (χ4v) is 5.02. The molecule has 0 unspecified atom stereocenters. The van der Waals surface area contributed by atoms with Crippen molar-refractivity contribution in [3.63, 3.8) is 0 Å². The molecule has 0 atom stereocenters. The van der Waals surface area contributed by atoms with Crippen LogP contribution >= 0.6 is 34.5 Å². The molecule has 0 bridgehead atoms. The van der Waals surface area contributed by atoms with Gasteiger partial charge in [-0.1, -0.05) is 29.3 Å². The van der Waals surface area contributed by atoms with E-state index in [9.17, 15) is 13.2 Å². The van der Waals surface area contributed by atoms with Crippen LogP contribution in [0.5, 0.6) is 0 Å². The van der Waals surface area contributed by atoms with E-state index in [2.05, 4.69) is 15.0 Å². The first-order chi connectivity index (χ1) is 14.7. The topological polar surface area (TPSA) is 92.6 Å². The van der Waals surface area contributed by atoms with Crippen LogP contribution in [0.15, 0.2) is 59.1 Å². The van der Waals surface area contributed by atoms with E-state index in [0.717, 1.165) is 10.5 Å². The van der Waals surface area contributed by atoms with E-state index in [-0.39, 0.29) is 22.0 Å². The number of halogens is 2. The largest absolute Gasteiger partial charge is 0.346 e. The zero-order valence-corrected chi connectivity index (χ0v) is 19.2. The molecule has 0 fully saturated rings. The molecule has 0 aliphatic heterocycles. The minimum Gasteiger partial charge on any atom is -0.346 e. The number of aromatic nitrogens is 2. The first-order valence-electron chi connectivity index (χ1n) is 9.01. The lowest BCUT2D eigenvalue weighted by Crippen LogP contribution is -2.24. The number of rotatable bonds is 6. The van der Waals surface area contributed by atoms with Gasteiger partial charge in [-0.15, -0.1) is 11.3 Å². The first-order valence-corrected chi connectivity index (χ1v) is 12.1. The van der Waals surface area contributed by atoms with E-state index in [1.807, 2.05) is 29.1 Å². The molecular formula is C20H16Cl2N4O3S2. The quantitative estimate of drug-likeness (QED) is 0.404. The monoisotopic (exact) mass is 494 g/mol. The molecule has 4 aromatic rings. The average molecular weight is 495 g/mol. The summed E-state index contributed by atoms with van der Waals surface area (Å²) >= 11 is 13.7. The van der Waals surface area contributed by atoms with Gasteiger partial charge in [0.25, 0.3) is 15.9 Å². The van der Waals surface area contributed by atoms with Gasteiger partial charge in [-0.05, 0) is 42.8 Å². The maximum atomic E-state index is 12.8. The molecule has 0 radical (unpaired) electrons. The van der Waals surface area contributed by atoms with Crippen molar-refractivity contribution in [2.45, 2.75) is 18.4 Å². The summed E-state index contributed by atoms with van der Waals surface area (Å²) in [5.74, 6) is -0.503. The van der Waals surface area contributed by atoms with Crippen molar-refractivity contribution in [2.75, 3.05) is 4.72 Å². The third-order valence-electron chi connectivity index (χ3n) is 4.49. The normalized spacial score (nSPS) is 11.6. The predicted octanol–water partition coefficient (Wildman–Crippen LogP) is 4.74. The zero-order chi connectivity index (χ0) is 22.2. The number of fused-ring (bicyclic) bond motifs is 1. The highest BCUT2D eigenvalue weighted by Crippen LogP contribution is 2.25. The Morgan fingerprint density at radius 1 is 1.16 bits per heavy atom. The predicted molar refractivity (Wildman–Crippen MR) is 123 cm³/mol. The highest BCUT2D eigenvalue weighted by molar-refractivity contribution is 7.92. The van der Waals surface area contributed by atoms with Crippen LogP contribution in [0.3, 0.4) is 0 Å². The van der Waals surface area contributed by atoms with Gasteiger partial charge in [0, 0.05) is 22.8 Å². The summed E-state index contributed by atoms with van der Waals surface area (Å²) in [6.07, 6.45) is 3.68. The first kappa shape index (κ1) is 21.6. The lowest BCUT2D eigenvalue weighted by molar-refractivity contribution is 0.0950. The van der Waals surface area contributed by atoms with Gasteiger partial charge in [0.15, 0.2) is 4.96 Å². The highest BCUT2D eigenvalue weighted by Gasteiger charge is 2.19. The summed E-state index contributed by atoms with van der Waals surface area (Å²) in [7, 11) is -3.95. The molecule has 2 heterocycles. The van der Waals surface area contributed by atoms with Gasteiger partial charge in [-0.25, -0.2) is 13.4 Å². The Balaban J connectivity index is 1.52. The molecule has 160 valence electrons. The molecular weight excluding hydrogens is 479 g/mol. The van der Waals surface area contributed by atoms with Crippen LogP contribution in [0.25, 0.3) is 4.96 Å². The number of amides is 1. The number of anilines is 1. The fourth-order valence-electron chi connectivity index (χ4n) is 2.84. The molecule has 31 heavy (non-hydrogen) atoms. The standard InChI is InChI=1S/C20H16Cl2N4O3S2/c1-12-2-3-13(8-18(12)22)25-31(28,29)15-4-5-17(21)16(9-15)19(27)23-10-14-11-26-6-7-30-20(26)24-14/h2-9,11,25H,10H2,1H3,(H,23,27). The highest BCUT2D eigenvalue weighted by atomic mass is 35.5. The summed E-state index contributed by atoms with van der Waals surface area (Å²) in [5, 5.41) is 5.21. The minimum absolute atomic E-state index is 0.0486. The molecule has 1 amide bonds. The molecule has 11 heteroatoms. The molecule has 2 aromatic carbocycles. The van der Waals surface area contributed by atoms with Gasteiger partial charge in [0.05, 0.1) is 33.4 Å². The zero-order valence-electron chi connectivity index (χ0n) is 16.1. The molecule has 0 saturated heterocycles. The van der Waals surface area contributed by atoms with Gasteiger partial charge < -0.3 is 5.32 Å². The Morgan fingerprint density at radius 2 is 1.97 bits per heavy atom. The van der Waals surface area contributed by atoms with E-state index >= 15 is 0 Å². The van der Waals surface area contributed by atoms with E-state index < -0.39 is 15.9 Å². The van der Waals surface area contributed by atoms with Crippen LogP contribution in [0, 0.1) is 6.92 Å². The summed E-state index contributed by atoms with van der Waals surface area (Å²) in [4.78, 5) is 17.8. The SMILES string of the molecule is Cc1ccc(NS(=O)(=O)c2ccc(Cl)c(C(=O)NCc3cn4ccsc4n3)c2)cc1Cl. The third kappa shape index (κ3) is 4.69. The number of imidazole rings is 1. The molecule has 7 nitrogen and oxygen atoms in total. The molecule has 4 rings (SSSR count). The maximum Gasteiger partial charge on any atom is 0.261 e. The number of aryl methyl sites for hydroxylation is 1. The van der Waals surface area contributed by atoms with Crippen molar-refractivity contribution >= 4 is 61.1 Å². The lowest BCUT2D eigenvalue weighted by Gasteiger charge is -2.11. The van der Waals surface area contributed by atoms with Crippen LogP contribution in [0.2, 0.25) is 10.0 Å². The van der Waals surface area contributed by atoms with Gasteiger partial charge in [-0.2, -0.15) is 0 Å². The number of hydrogen-bond donors (Lipinski definition) is 2. The Bertz CT molecular complexity index is 1370. The van der Waals surface area contributed by atoms with Crippen molar-refractivity contribution in [2.24, 2.45) is 0 Å². The second kappa shape index (κ2) is 8.51. The van der Waals surface area contributed by atoms with Gasteiger partial charge in [0.2, 0.25) is 0 Å². The van der Waals surface area contributed by atoms with Crippen LogP contribution in [-0.2, 0) is 16.6 Å². The minimum atomic E-state index is -3.95. The number of carbonyl (C=O) groups is 1. The van der Waals surface area contributed by atoms with E-state index in [1.54, 1.807) is 12.1 Å². The molecule has 0 spiro atoms. The Labute approximate surface area is 192 Å². The number of nitrogens with zero attached hydrogens (tertiary/aromatic N) is 2. The van der Waals surface area contributed by atoms with E-state index in [4.69, 9.17) is 23.2 Å². The fraction of sp³-hybridized carbons (Fsp3) is 0.100. The van der Waals surface area contributed by atoms with Crippen molar-refractivity contribution in [1.29, 1.82) is 0 Å². The molecule has 0 saturated carbocycles. The van der Waals surface area contributed by atoms with Crippen molar-refractivity contribution in [3.05, 3.63) is 81.0 Å². The smallest absolute Gasteiger partial charge is 0.261 e. The second-order valence-corrected chi connectivity index (χ2v) is 10.1. The lowest BCUT2D eigenvalue weighted by atomic mass is 10.2. The third-order valence-corrected chi connectivity index (χ3v) is 7.38. The molecule has 0 aliphatic carbocycles. The average Bonchev–Trinajstić information content (AvgIpc) is 3.31. The maximum absolute atomic E-state index is 12.8. The summed E-state index contributed by atoms with van der Waals surface area (Å²) in [6.45, 7) is 2.00. The van der Waals surface area contributed by atoms with Gasteiger partial charge >= 0.3 is 0 Å². The molecule has 2 N–H and O–H groups in total. The van der Waals surface area contributed by atoms with E-state index in [1.165, 1.54) is 35.6 Å². The van der Waals surface area contributed by atoms with Crippen molar-refractivity contribution < 1.29 is 13.2 Å². The van der Waals surface area contributed by atoms with Crippen LogP contribution < -0.4 is 10.0 Å². The number of carbonyl (C=O) groups excluding carboxylic acids is 1.